The number of alkyl carbamates (subject to hydrolysis) is 1. The van der Waals surface area contributed by atoms with E-state index >= 15 is 0 Å². The Morgan fingerprint density at radius 3 is 2.51 bits per heavy atom. The highest BCUT2D eigenvalue weighted by atomic mass is 32.2. The predicted octanol–water partition coefficient (Wildman–Crippen LogP) is 5.48. The van der Waals surface area contributed by atoms with Crippen molar-refractivity contribution in [2.24, 2.45) is 0 Å². The van der Waals surface area contributed by atoms with Crippen LogP contribution in [0, 0.1) is 0 Å². The highest BCUT2D eigenvalue weighted by Gasteiger charge is 2.26. The van der Waals surface area contributed by atoms with Gasteiger partial charge in [0.2, 0.25) is 0 Å². The van der Waals surface area contributed by atoms with Crippen molar-refractivity contribution in [2.45, 2.75) is 57.9 Å². The zero-order chi connectivity index (χ0) is 25.4. The van der Waals surface area contributed by atoms with E-state index in [1.165, 1.54) is 23.9 Å². The van der Waals surface area contributed by atoms with Gasteiger partial charge in [-0.1, -0.05) is 43.7 Å². The van der Waals surface area contributed by atoms with E-state index in [0.717, 1.165) is 29.4 Å². The van der Waals surface area contributed by atoms with Gasteiger partial charge in [0.1, 0.15) is 23.0 Å². The Labute approximate surface area is 209 Å². The smallest absolute Gasteiger partial charge is 0.408 e. The summed E-state index contributed by atoms with van der Waals surface area (Å²) in [6, 6.07) is 15.3. The number of amides is 1. The SMILES string of the molecule is CCCc1cc(=O)oc2cc(OC(=O)C(CSCc3ccccc3)NC(=O)OC(C)(C)C)ccc12. The van der Waals surface area contributed by atoms with Crippen LogP contribution < -0.4 is 15.7 Å². The Hall–Kier alpha value is -3.26. The van der Waals surface area contributed by atoms with E-state index in [1.54, 1.807) is 32.9 Å². The van der Waals surface area contributed by atoms with Crippen molar-refractivity contribution in [3.63, 3.8) is 0 Å². The molecule has 0 saturated heterocycles. The molecule has 0 aliphatic rings. The van der Waals surface area contributed by atoms with E-state index in [0.29, 0.717) is 11.3 Å². The first kappa shape index (κ1) is 26.3. The molecule has 1 N–H and O–H groups in total. The first-order valence-electron chi connectivity index (χ1n) is 11.5. The monoisotopic (exact) mass is 497 g/mol. The molecule has 0 bridgehead atoms. The molecule has 1 atom stereocenters. The maximum absolute atomic E-state index is 13.0. The van der Waals surface area contributed by atoms with E-state index in [1.807, 2.05) is 37.3 Å². The summed E-state index contributed by atoms with van der Waals surface area (Å²) in [6.07, 6.45) is 0.920. The molecular weight excluding hydrogens is 466 g/mol. The largest absolute Gasteiger partial charge is 0.444 e. The molecule has 7 nitrogen and oxygen atoms in total. The lowest BCUT2D eigenvalue weighted by Crippen LogP contribution is -2.46. The second-order valence-corrected chi connectivity index (χ2v) is 10.1. The number of fused-ring (bicyclic) bond motifs is 1. The zero-order valence-corrected chi connectivity index (χ0v) is 21.3. The number of nitrogens with one attached hydrogen (secondary N) is 1. The number of esters is 1. The molecule has 1 heterocycles. The van der Waals surface area contributed by atoms with E-state index in [9.17, 15) is 14.4 Å². The molecule has 0 radical (unpaired) electrons. The minimum Gasteiger partial charge on any atom is -0.444 e. The van der Waals surface area contributed by atoms with Crippen LogP contribution in [0.5, 0.6) is 5.75 Å². The number of ether oxygens (including phenoxy) is 2. The van der Waals surface area contributed by atoms with Gasteiger partial charge in [0.05, 0.1) is 0 Å². The number of hydrogen-bond acceptors (Lipinski definition) is 7. The number of rotatable bonds is 9. The van der Waals surface area contributed by atoms with Crippen LogP contribution in [-0.2, 0) is 21.7 Å². The molecule has 0 aliphatic carbocycles. The molecule has 8 heteroatoms. The average molecular weight is 498 g/mol. The summed E-state index contributed by atoms with van der Waals surface area (Å²) < 4.78 is 16.2. The van der Waals surface area contributed by atoms with Crippen molar-refractivity contribution in [1.82, 2.24) is 5.32 Å². The van der Waals surface area contributed by atoms with E-state index in [2.05, 4.69) is 5.32 Å². The zero-order valence-electron chi connectivity index (χ0n) is 20.5. The highest BCUT2D eigenvalue weighted by Crippen LogP contribution is 2.24. The summed E-state index contributed by atoms with van der Waals surface area (Å²) in [6.45, 7) is 7.28. The van der Waals surface area contributed by atoms with Gasteiger partial charge in [-0.25, -0.2) is 14.4 Å². The number of carbonyl (C=O) groups is 2. The first-order chi connectivity index (χ1) is 16.6. The predicted molar refractivity (Wildman–Crippen MR) is 138 cm³/mol. The van der Waals surface area contributed by atoms with Gasteiger partial charge in [0.15, 0.2) is 0 Å². The van der Waals surface area contributed by atoms with E-state index in [-0.39, 0.29) is 11.5 Å². The van der Waals surface area contributed by atoms with Crippen LogP contribution in [0.4, 0.5) is 4.79 Å². The third-order valence-corrected chi connectivity index (χ3v) is 6.02. The summed E-state index contributed by atoms with van der Waals surface area (Å²) >= 11 is 1.49. The summed E-state index contributed by atoms with van der Waals surface area (Å²) in [4.78, 5) is 37.4. The molecule has 0 fully saturated rings. The number of hydrogen-bond donors (Lipinski definition) is 1. The van der Waals surface area contributed by atoms with Crippen LogP contribution in [0.25, 0.3) is 11.0 Å². The molecular formula is C27H31NO6S. The molecule has 1 unspecified atom stereocenters. The van der Waals surface area contributed by atoms with Crippen molar-refractivity contribution in [3.05, 3.63) is 76.1 Å². The second kappa shape index (κ2) is 11.9. The Balaban J connectivity index is 1.75. The number of benzene rings is 2. The van der Waals surface area contributed by atoms with Crippen LogP contribution in [0.3, 0.4) is 0 Å². The van der Waals surface area contributed by atoms with Crippen LogP contribution in [0.1, 0.15) is 45.2 Å². The van der Waals surface area contributed by atoms with Crippen molar-refractivity contribution in [1.29, 1.82) is 0 Å². The Morgan fingerprint density at radius 1 is 1.09 bits per heavy atom. The molecule has 0 spiro atoms. The third kappa shape index (κ3) is 8.17. The van der Waals surface area contributed by atoms with E-state index in [4.69, 9.17) is 13.9 Å². The Kier molecular flexibility index (Phi) is 8.98. The molecule has 1 amide bonds. The third-order valence-electron chi connectivity index (χ3n) is 4.91. The molecule has 3 rings (SSSR count). The first-order valence-corrected chi connectivity index (χ1v) is 12.7. The van der Waals surface area contributed by atoms with Gasteiger partial charge in [0.25, 0.3) is 0 Å². The van der Waals surface area contributed by atoms with Gasteiger partial charge >= 0.3 is 17.7 Å². The van der Waals surface area contributed by atoms with Gasteiger partial charge in [-0.3, -0.25) is 0 Å². The van der Waals surface area contributed by atoms with E-state index < -0.39 is 29.3 Å². The van der Waals surface area contributed by atoms with Gasteiger partial charge < -0.3 is 19.2 Å². The summed E-state index contributed by atoms with van der Waals surface area (Å²) in [7, 11) is 0. The minimum absolute atomic E-state index is 0.225. The van der Waals surface area contributed by atoms with Gasteiger partial charge in [-0.15, -0.1) is 0 Å². The van der Waals surface area contributed by atoms with Crippen LogP contribution in [-0.4, -0.2) is 29.5 Å². The van der Waals surface area contributed by atoms with Crippen LogP contribution >= 0.6 is 11.8 Å². The van der Waals surface area contributed by atoms with Gasteiger partial charge in [-0.05, 0) is 50.5 Å². The molecule has 2 aromatic carbocycles. The van der Waals surface area contributed by atoms with Crippen molar-refractivity contribution in [2.75, 3.05) is 5.75 Å². The normalized spacial score (nSPS) is 12.2. The van der Waals surface area contributed by atoms with Crippen molar-refractivity contribution in [3.8, 4) is 5.75 Å². The molecule has 3 aromatic rings. The van der Waals surface area contributed by atoms with Crippen LogP contribution in [0.15, 0.2) is 63.8 Å². The van der Waals surface area contributed by atoms with Gasteiger partial charge in [0, 0.05) is 29.0 Å². The Bertz CT molecular complexity index is 1220. The molecule has 1 aromatic heterocycles. The number of thioether (sulfide) groups is 1. The summed E-state index contributed by atoms with van der Waals surface area (Å²) in [5.41, 5.74) is 1.18. The summed E-state index contributed by atoms with van der Waals surface area (Å²) in [5, 5.41) is 3.42. The molecule has 0 saturated carbocycles. The van der Waals surface area contributed by atoms with Crippen molar-refractivity contribution >= 4 is 34.8 Å². The fourth-order valence-corrected chi connectivity index (χ4v) is 4.43. The lowest BCUT2D eigenvalue weighted by molar-refractivity contribution is -0.136. The minimum atomic E-state index is -0.937. The molecule has 0 aliphatic heterocycles. The highest BCUT2D eigenvalue weighted by molar-refractivity contribution is 7.98. The summed E-state index contributed by atoms with van der Waals surface area (Å²) in [5.74, 6) is 0.546. The lowest BCUT2D eigenvalue weighted by atomic mass is 10.1. The fourth-order valence-electron chi connectivity index (χ4n) is 3.42. The number of carbonyl (C=O) groups excluding carboxylic acids is 2. The molecule has 186 valence electrons. The molecule has 35 heavy (non-hydrogen) atoms. The standard InChI is InChI=1S/C27H31NO6S/c1-5-9-19-14-24(29)33-23-15-20(12-13-21(19)23)32-25(30)22(28-26(31)34-27(2,3)4)17-35-16-18-10-7-6-8-11-18/h6-8,10-15,22H,5,9,16-17H2,1-4H3,(H,28,31). The maximum atomic E-state index is 13.0. The Morgan fingerprint density at radius 2 is 1.83 bits per heavy atom. The quantitative estimate of drug-likeness (QED) is 0.238. The maximum Gasteiger partial charge on any atom is 0.408 e. The number of aryl methyl sites for hydroxylation is 1. The fraction of sp³-hybridized carbons (Fsp3) is 0.370. The second-order valence-electron chi connectivity index (χ2n) is 9.12. The van der Waals surface area contributed by atoms with Crippen LogP contribution in [0.2, 0.25) is 0 Å². The van der Waals surface area contributed by atoms with Crippen molar-refractivity contribution < 1.29 is 23.5 Å². The van der Waals surface area contributed by atoms with Gasteiger partial charge in [-0.2, -0.15) is 11.8 Å². The lowest BCUT2D eigenvalue weighted by Gasteiger charge is -2.23. The average Bonchev–Trinajstić information content (AvgIpc) is 2.77. The topological polar surface area (TPSA) is 94.8 Å².